The summed E-state index contributed by atoms with van der Waals surface area (Å²) in [4.78, 5) is 9.00. The maximum Gasteiger partial charge on any atom is 0.300 e. The highest BCUT2D eigenvalue weighted by Gasteiger charge is 1.80. The third-order valence-electron chi connectivity index (χ3n) is 1.75. The van der Waals surface area contributed by atoms with E-state index in [4.69, 9.17) is 15.6 Å². The van der Waals surface area contributed by atoms with Gasteiger partial charge in [-0.15, -0.1) is 0 Å². The summed E-state index contributed by atoms with van der Waals surface area (Å²) in [5.41, 5.74) is 6.54. The number of aliphatic carboxylic acids is 1. The van der Waals surface area contributed by atoms with Gasteiger partial charge in [0.1, 0.15) is 0 Å². The minimum absolute atomic E-state index is 0.640. The molecule has 0 fully saturated rings. The second kappa shape index (κ2) is 17.9. The van der Waals surface area contributed by atoms with Crippen molar-refractivity contribution >= 4 is 5.97 Å². The summed E-state index contributed by atoms with van der Waals surface area (Å²) in [6.07, 6.45) is 1.25. The predicted octanol–water partition coefficient (Wildman–Crippen LogP) is 4.34. The van der Waals surface area contributed by atoms with Crippen molar-refractivity contribution in [2.75, 3.05) is 0 Å². The van der Waals surface area contributed by atoms with Crippen LogP contribution >= 0.6 is 0 Å². The Hall–Kier alpha value is -2.13. The molecule has 2 aromatic rings. The molecule has 0 unspecified atom stereocenters. The van der Waals surface area contributed by atoms with Gasteiger partial charge in [0.25, 0.3) is 5.97 Å². The second-order valence-corrected chi connectivity index (χ2v) is 4.07. The molecule has 0 aliphatic rings. The van der Waals surface area contributed by atoms with Gasteiger partial charge in [0.2, 0.25) is 0 Å². The van der Waals surface area contributed by atoms with Gasteiger partial charge in [-0.3, -0.25) is 4.79 Å². The number of benzene rings is 2. The lowest BCUT2D eigenvalue weighted by Crippen LogP contribution is -1.94. The number of hydrogen-bond donors (Lipinski definition) is 2. The summed E-state index contributed by atoms with van der Waals surface area (Å²) in [6, 6.07) is 22.0. The molecule has 0 saturated carbocycles. The largest absolute Gasteiger partial charge is 0.481 e. The molecule has 2 rings (SSSR count). The Balaban J connectivity index is 0. The molecule has 3 nitrogen and oxygen atoms in total. The summed E-state index contributed by atoms with van der Waals surface area (Å²) in [6.45, 7) is 5.97. The van der Waals surface area contributed by atoms with Crippen LogP contribution in [0.3, 0.4) is 0 Å². The molecule has 0 saturated heterocycles. The molecule has 2 aromatic carbocycles. The molecule has 0 bridgehead atoms. The van der Waals surface area contributed by atoms with Crippen molar-refractivity contribution < 1.29 is 9.90 Å². The normalized spacial score (nSPS) is 7.81. The van der Waals surface area contributed by atoms with Gasteiger partial charge in [-0.2, -0.15) is 0 Å². The van der Waals surface area contributed by atoms with E-state index in [9.17, 15) is 0 Å². The molecule has 3 N–H and O–H groups in total. The van der Waals surface area contributed by atoms with Crippen LogP contribution in [0.25, 0.3) is 0 Å². The Labute approximate surface area is 128 Å². The Morgan fingerprint density at radius 3 is 1.33 bits per heavy atom. The van der Waals surface area contributed by atoms with Crippen LogP contribution in [0, 0.1) is 0 Å². The fourth-order valence-electron chi connectivity index (χ4n) is 0.999. The third kappa shape index (κ3) is 23.4. The monoisotopic (exact) mass is 289 g/mol. The highest BCUT2D eigenvalue weighted by atomic mass is 16.4. The van der Waals surface area contributed by atoms with Gasteiger partial charge < -0.3 is 10.8 Å². The molecule has 3 heteroatoms. The average molecular weight is 289 g/mol. The zero-order valence-electron chi connectivity index (χ0n) is 13.2. The molecule has 0 radical (unpaired) electrons. The lowest BCUT2D eigenvalue weighted by molar-refractivity contribution is -0.134. The van der Waals surface area contributed by atoms with Gasteiger partial charge in [-0.05, 0) is 5.56 Å². The van der Waals surface area contributed by atoms with Crippen LogP contribution < -0.4 is 5.73 Å². The number of carbonyl (C=O) groups is 1. The average Bonchev–Trinajstić information content (AvgIpc) is 2.51. The molecule has 0 atom stereocenters. The molecular formula is C18H27NO2. The lowest BCUT2D eigenvalue weighted by Gasteiger charge is -1.90. The van der Waals surface area contributed by atoms with Crippen LogP contribution in [0.1, 0.15) is 32.8 Å². The number of nitrogens with two attached hydrogens (primary N) is 1. The van der Waals surface area contributed by atoms with Crippen LogP contribution in [0.15, 0.2) is 66.7 Å². The standard InChI is InChI=1S/C7H9N.C6H6.C3H8.C2H4O2/c8-6-7-4-2-1-3-5-7;1-2-4-6-5-3-1;1-3-2;1-2(3)4/h1-5H,6,8H2;1-6H;3H2,1-2H3;1H3,(H,3,4). The van der Waals surface area contributed by atoms with Gasteiger partial charge in [-0.25, -0.2) is 0 Å². The highest BCUT2D eigenvalue weighted by molar-refractivity contribution is 5.62. The smallest absolute Gasteiger partial charge is 0.300 e. The summed E-state index contributed by atoms with van der Waals surface area (Å²) < 4.78 is 0. The molecule has 0 aliphatic carbocycles. The molecule has 0 aliphatic heterocycles. The summed E-state index contributed by atoms with van der Waals surface area (Å²) in [7, 11) is 0. The molecule has 0 heterocycles. The van der Waals surface area contributed by atoms with E-state index in [1.54, 1.807) is 0 Å². The van der Waals surface area contributed by atoms with Crippen molar-refractivity contribution in [2.45, 2.75) is 33.7 Å². The predicted molar refractivity (Wildman–Crippen MR) is 90.1 cm³/mol. The van der Waals surface area contributed by atoms with E-state index < -0.39 is 5.97 Å². The van der Waals surface area contributed by atoms with E-state index in [0.717, 1.165) is 6.92 Å². The molecule has 0 amide bonds. The van der Waals surface area contributed by atoms with Gasteiger partial charge in [-0.1, -0.05) is 87.0 Å². The van der Waals surface area contributed by atoms with Crippen molar-refractivity contribution in [3.63, 3.8) is 0 Å². The molecule has 0 spiro atoms. The summed E-state index contributed by atoms with van der Waals surface area (Å²) >= 11 is 0. The van der Waals surface area contributed by atoms with E-state index in [2.05, 4.69) is 13.8 Å². The van der Waals surface area contributed by atoms with Gasteiger partial charge in [0, 0.05) is 13.5 Å². The Morgan fingerprint density at radius 1 is 0.905 bits per heavy atom. The lowest BCUT2D eigenvalue weighted by atomic mass is 10.2. The van der Waals surface area contributed by atoms with Gasteiger partial charge in [0.15, 0.2) is 0 Å². The Morgan fingerprint density at radius 2 is 1.14 bits per heavy atom. The van der Waals surface area contributed by atoms with Crippen molar-refractivity contribution in [3.8, 4) is 0 Å². The number of carboxylic acid groups (broad SMARTS) is 1. The zero-order valence-corrected chi connectivity index (χ0v) is 13.2. The zero-order chi connectivity index (χ0) is 16.3. The fourth-order valence-corrected chi connectivity index (χ4v) is 0.999. The maximum atomic E-state index is 9.00. The summed E-state index contributed by atoms with van der Waals surface area (Å²) in [5, 5.41) is 7.42. The first-order valence-corrected chi connectivity index (χ1v) is 7.01. The molecular weight excluding hydrogens is 262 g/mol. The van der Waals surface area contributed by atoms with Crippen LogP contribution in [0.4, 0.5) is 0 Å². The maximum absolute atomic E-state index is 9.00. The SMILES string of the molecule is CC(=O)O.CCC.NCc1ccccc1.c1ccccc1. The van der Waals surface area contributed by atoms with Gasteiger partial charge >= 0.3 is 0 Å². The Bertz CT molecular complexity index is 385. The van der Waals surface area contributed by atoms with Gasteiger partial charge in [0.05, 0.1) is 0 Å². The molecule has 21 heavy (non-hydrogen) atoms. The molecule has 0 aromatic heterocycles. The summed E-state index contributed by atoms with van der Waals surface area (Å²) in [5.74, 6) is -0.833. The van der Waals surface area contributed by atoms with Crippen LogP contribution in [0.2, 0.25) is 0 Å². The van der Waals surface area contributed by atoms with E-state index in [1.165, 1.54) is 12.0 Å². The fraction of sp³-hybridized carbons (Fsp3) is 0.278. The number of rotatable bonds is 1. The molecule has 116 valence electrons. The van der Waals surface area contributed by atoms with Crippen molar-refractivity contribution in [1.82, 2.24) is 0 Å². The first-order valence-electron chi connectivity index (χ1n) is 7.01. The second-order valence-electron chi connectivity index (χ2n) is 4.07. The quantitative estimate of drug-likeness (QED) is 0.821. The van der Waals surface area contributed by atoms with E-state index >= 15 is 0 Å². The topological polar surface area (TPSA) is 63.3 Å². The van der Waals surface area contributed by atoms with E-state index in [1.807, 2.05) is 66.7 Å². The highest BCUT2D eigenvalue weighted by Crippen LogP contribution is 1.94. The van der Waals surface area contributed by atoms with Crippen LogP contribution in [-0.2, 0) is 11.3 Å². The minimum atomic E-state index is -0.833. The van der Waals surface area contributed by atoms with Crippen LogP contribution in [-0.4, -0.2) is 11.1 Å². The van der Waals surface area contributed by atoms with E-state index in [0.29, 0.717) is 6.54 Å². The number of hydrogen-bond acceptors (Lipinski definition) is 2. The number of carboxylic acids is 1. The van der Waals surface area contributed by atoms with Crippen molar-refractivity contribution in [1.29, 1.82) is 0 Å². The van der Waals surface area contributed by atoms with Crippen molar-refractivity contribution in [3.05, 3.63) is 72.3 Å². The first-order chi connectivity index (χ1) is 10.1. The third-order valence-corrected chi connectivity index (χ3v) is 1.75. The minimum Gasteiger partial charge on any atom is -0.481 e. The first kappa shape index (κ1) is 21.2. The van der Waals surface area contributed by atoms with E-state index in [-0.39, 0.29) is 0 Å². The Kier molecular flexibility index (Phi) is 18.0. The van der Waals surface area contributed by atoms with Crippen LogP contribution in [0.5, 0.6) is 0 Å². The van der Waals surface area contributed by atoms with Crippen molar-refractivity contribution in [2.24, 2.45) is 5.73 Å².